The first kappa shape index (κ1) is 22.6. The van der Waals surface area contributed by atoms with Gasteiger partial charge in [0.05, 0.1) is 12.8 Å². The molecule has 2 N–H and O–H groups in total. The molecule has 2 aromatic rings. The highest BCUT2D eigenvalue weighted by Gasteiger charge is 2.15. The Bertz CT molecular complexity index is 692. The molecular formula is C20H25ClN2O4. The van der Waals surface area contributed by atoms with Gasteiger partial charge in [-0.25, -0.2) is 0 Å². The molecule has 1 aromatic carbocycles. The van der Waals surface area contributed by atoms with Crippen LogP contribution in [0.15, 0.2) is 48.7 Å². The van der Waals surface area contributed by atoms with Gasteiger partial charge in [-0.05, 0) is 56.9 Å². The van der Waals surface area contributed by atoms with Crippen molar-refractivity contribution in [2.24, 2.45) is 0 Å². The first-order chi connectivity index (χ1) is 12.8. The van der Waals surface area contributed by atoms with E-state index >= 15 is 0 Å². The van der Waals surface area contributed by atoms with Crippen LogP contribution in [-0.2, 0) is 9.59 Å². The van der Waals surface area contributed by atoms with Crippen LogP contribution in [0.1, 0.15) is 36.4 Å². The molecule has 0 radical (unpaired) electrons. The van der Waals surface area contributed by atoms with Crippen molar-refractivity contribution in [2.75, 3.05) is 20.6 Å². The summed E-state index contributed by atoms with van der Waals surface area (Å²) >= 11 is 5.97. The molecule has 0 aliphatic carbocycles. The normalized spacial score (nSPS) is 11.4. The van der Waals surface area contributed by atoms with Gasteiger partial charge in [0.25, 0.3) is 0 Å². The SMILES string of the molecule is CN(C)CCC(c1ccc(Cl)cc1)c1ccccn1.O=C(O)CCC(=O)O. The fourth-order valence-electron chi connectivity index (χ4n) is 2.36. The Hall–Kier alpha value is -2.44. The van der Waals surface area contributed by atoms with Crippen molar-refractivity contribution >= 4 is 23.5 Å². The molecule has 1 aromatic heterocycles. The van der Waals surface area contributed by atoms with Gasteiger partial charge in [-0.1, -0.05) is 29.8 Å². The van der Waals surface area contributed by atoms with E-state index in [0.717, 1.165) is 23.7 Å². The number of halogens is 1. The highest BCUT2D eigenvalue weighted by Crippen LogP contribution is 2.27. The van der Waals surface area contributed by atoms with Crippen molar-refractivity contribution in [1.82, 2.24) is 9.88 Å². The van der Waals surface area contributed by atoms with Crippen LogP contribution >= 0.6 is 11.6 Å². The van der Waals surface area contributed by atoms with Crippen LogP contribution in [0.25, 0.3) is 0 Å². The highest BCUT2D eigenvalue weighted by atomic mass is 35.5. The van der Waals surface area contributed by atoms with E-state index in [1.807, 2.05) is 30.5 Å². The highest BCUT2D eigenvalue weighted by molar-refractivity contribution is 6.30. The molecule has 146 valence electrons. The van der Waals surface area contributed by atoms with E-state index in [4.69, 9.17) is 21.8 Å². The molecule has 1 heterocycles. The van der Waals surface area contributed by atoms with Crippen molar-refractivity contribution in [3.05, 3.63) is 64.9 Å². The summed E-state index contributed by atoms with van der Waals surface area (Å²) in [7, 11) is 4.19. The summed E-state index contributed by atoms with van der Waals surface area (Å²) < 4.78 is 0. The number of hydrogen-bond donors (Lipinski definition) is 2. The van der Waals surface area contributed by atoms with Crippen LogP contribution in [0, 0.1) is 0 Å². The number of carboxylic acids is 2. The van der Waals surface area contributed by atoms with Gasteiger partial charge in [-0.15, -0.1) is 0 Å². The average Bonchev–Trinajstić information content (AvgIpc) is 2.63. The van der Waals surface area contributed by atoms with Crippen LogP contribution < -0.4 is 0 Å². The fourth-order valence-corrected chi connectivity index (χ4v) is 2.49. The van der Waals surface area contributed by atoms with E-state index in [9.17, 15) is 9.59 Å². The van der Waals surface area contributed by atoms with Crippen LogP contribution in [0.2, 0.25) is 5.02 Å². The van der Waals surface area contributed by atoms with Gasteiger partial charge < -0.3 is 15.1 Å². The molecule has 7 heteroatoms. The summed E-state index contributed by atoms with van der Waals surface area (Å²) in [5, 5.41) is 16.6. The van der Waals surface area contributed by atoms with Gasteiger partial charge in [0.2, 0.25) is 0 Å². The number of carbonyl (C=O) groups is 2. The number of carboxylic acid groups (broad SMARTS) is 2. The third-order valence-electron chi connectivity index (χ3n) is 3.73. The van der Waals surface area contributed by atoms with E-state index in [-0.39, 0.29) is 12.8 Å². The monoisotopic (exact) mass is 392 g/mol. The largest absolute Gasteiger partial charge is 0.481 e. The molecule has 0 amide bonds. The second-order valence-electron chi connectivity index (χ2n) is 6.24. The molecule has 1 atom stereocenters. The minimum absolute atomic E-state index is 0.296. The summed E-state index contributed by atoms with van der Waals surface area (Å²) in [4.78, 5) is 26.0. The lowest BCUT2D eigenvalue weighted by atomic mass is 9.92. The Balaban J connectivity index is 0.000000387. The van der Waals surface area contributed by atoms with Crippen molar-refractivity contribution < 1.29 is 19.8 Å². The maximum Gasteiger partial charge on any atom is 0.303 e. The molecule has 0 saturated carbocycles. The maximum absolute atomic E-state index is 9.64. The lowest BCUT2D eigenvalue weighted by Crippen LogP contribution is -2.17. The van der Waals surface area contributed by atoms with Crippen LogP contribution in [-0.4, -0.2) is 52.7 Å². The molecule has 1 unspecified atom stereocenters. The topological polar surface area (TPSA) is 90.7 Å². The Morgan fingerprint density at radius 3 is 2.07 bits per heavy atom. The zero-order chi connectivity index (χ0) is 20.2. The Morgan fingerprint density at radius 2 is 1.63 bits per heavy atom. The van der Waals surface area contributed by atoms with Gasteiger partial charge in [0.15, 0.2) is 0 Å². The van der Waals surface area contributed by atoms with Gasteiger partial charge in [0.1, 0.15) is 0 Å². The van der Waals surface area contributed by atoms with Crippen LogP contribution in [0.5, 0.6) is 0 Å². The van der Waals surface area contributed by atoms with Gasteiger partial charge in [-0.2, -0.15) is 0 Å². The number of aliphatic carboxylic acids is 2. The van der Waals surface area contributed by atoms with E-state index in [2.05, 4.69) is 42.2 Å². The summed E-state index contributed by atoms with van der Waals surface area (Å²) in [5.41, 5.74) is 2.39. The standard InChI is InChI=1S/C16H19ClN2.C4H6O4/c1-19(2)12-10-15(16-5-3-4-11-18-16)13-6-8-14(17)9-7-13;5-3(6)1-2-4(7)8/h3-9,11,15H,10,12H2,1-2H3;1-2H2,(H,5,6)(H,7,8). The predicted octanol–water partition coefficient (Wildman–Crippen LogP) is 3.75. The quantitative estimate of drug-likeness (QED) is 0.710. The number of aromatic nitrogens is 1. The van der Waals surface area contributed by atoms with Crippen molar-refractivity contribution in [1.29, 1.82) is 0 Å². The number of hydrogen-bond acceptors (Lipinski definition) is 4. The molecule has 0 aliphatic rings. The van der Waals surface area contributed by atoms with E-state index in [1.165, 1.54) is 5.56 Å². The Labute approximate surface area is 164 Å². The Kier molecular flexibility index (Phi) is 10.1. The van der Waals surface area contributed by atoms with Crippen LogP contribution in [0.3, 0.4) is 0 Å². The molecule has 27 heavy (non-hydrogen) atoms. The zero-order valence-electron chi connectivity index (χ0n) is 15.5. The van der Waals surface area contributed by atoms with Crippen LogP contribution in [0.4, 0.5) is 0 Å². The predicted molar refractivity (Wildman–Crippen MR) is 105 cm³/mol. The molecule has 0 saturated heterocycles. The second kappa shape index (κ2) is 12.0. The summed E-state index contributed by atoms with van der Waals surface area (Å²) in [5.74, 6) is -1.83. The minimum atomic E-state index is -1.08. The Morgan fingerprint density at radius 1 is 1.04 bits per heavy atom. The lowest BCUT2D eigenvalue weighted by molar-refractivity contribution is -0.143. The molecule has 0 bridgehead atoms. The van der Waals surface area contributed by atoms with E-state index < -0.39 is 11.9 Å². The number of pyridine rings is 1. The summed E-state index contributed by atoms with van der Waals surface area (Å²) in [6.07, 6.45) is 2.31. The molecule has 0 spiro atoms. The summed E-state index contributed by atoms with van der Waals surface area (Å²) in [6, 6.07) is 14.2. The molecule has 6 nitrogen and oxygen atoms in total. The maximum atomic E-state index is 9.64. The van der Waals surface area contributed by atoms with Crippen molar-refractivity contribution in [3.8, 4) is 0 Å². The van der Waals surface area contributed by atoms with E-state index in [1.54, 1.807) is 0 Å². The molecule has 0 fully saturated rings. The molecule has 2 rings (SSSR count). The van der Waals surface area contributed by atoms with Gasteiger partial charge >= 0.3 is 11.9 Å². The van der Waals surface area contributed by atoms with Gasteiger partial charge in [-0.3, -0.25) is 14.6 Å². The number of rotatable bonds is 8. The third kappa shape index (κ3) is 9.72. The van der Waals surface area contributed by atoms with Crippen molar-refractivity contribution in [3.63, 3.8) is 0 Å². The minimum Gasteiger partial charge on any atom is -0.481 e. The zero-order valence-corrected chi connectivity index (χ0v) is 16.3. The number of nitrogens with zero attached hydrogens (tertiary/aromatic N) is 2. The van der Waals surface area contributed by atoms with E-state index in [0.29, 0.717) is 5.92 Å². The summed E-state index contributed by atoms with van der Waals surface area (Å²) in [6.45, 7) is 1.03. The number of benzene rings is 1. The third-order valence-corrected chi connectivity index (χ3v) is 3.99. The second-order valence-corrected chi connectivity index (χ2v) is 6.67. The molecule has 0 aliphatic heterocycles. The average molecular weight is 393 g/mol. The fraction of sp³-hybridized carbons (Fsp3) is 0.350. The van der Waals surface area contributed by atoms with Gasteiger partial charge in [0, 0.05) is 22.8 Å². The smallest absolute Gasteiger partial charge is 0.303 e. The molecular weight excluding hydrogens is 368 g/mol. The first-order valence-corrected chi connectivity index (χ1v) is 8.92. The van der Waals surface area contributed by atoms with Crippen molar-refractivity contribution in [2.45, 2.75) is 25.2 Å². The lowest BCUT2D eigenvalue weighted by Gasteiger charge is -2.19. The first-order valence-electron chi connectivity index (χ1n) is 8.54.